The average molecular weight is 412 g/mol. The Kier molecular flexibility index (Phi) is 4.45. The molecule has 0 atom stereocenters. The first-order valence-corrected chi connectivity index (χ1v) is 6.70. The largest absolute Gasteiger partial charge is 0.573 e. The molecule has 21 heavy (non-hydrogen) atoms. The molecule has 0 amide bonds. The highest BCUT2D eigenvalue weighted by atomic mass is 127. The van der Waals surface area contributed by atoms with E-state index in [1.165, 1.54) is 24.3 Å². The minimum atomic E-state index is -4.82. The summed E-state index contributed by atoms with van der Waals surface area (Å²) in [5.74, 6) is -0.954. The summed E-state index contributed by atoms with van der Waals surface area (Å²) in [6, 6.07) is 7.92. The molecule has 2 aromatic carbocycles. The molecular formula is C13H9F4IN2O. The number of para-hydroxylation sites is 2. The van der Waals surface area contributed by atoms with Crippen LogP contribution >= 0.6 is 22.6 Å². The highest BCUT2D eigenvalue weighted by Crippen LogP contribution is 2.34. The SMILES string of the molecule is Nc1cc(I)c(F)cc1Nc1ccccc1OC(F)(F)F. The molecule has 2 rings (SSSR count). The Morgan fingerprint density at radius 3 is 2.43 bits per heavy atom. The van der Waals surface area contributed by atoms with Gasteiger partial charge in [-0.3, -0.25) is 0 Å². The molecule has 112 valence electrons. The third-order valence-corrected chi connectivity index (χ3v) is 3.30. The summed E-state index contributed by atoms with van der Waals surface area (Å²) >= 11 is 1.77. The Hall–Kier alpha value is -1.71. The van der Waals surface area contributed by atoms with Crippen molar-refractivity contribution in [2.75, 3.05) is 11.1 Å². The van der Waals surface area contributed by atoms with Gasteiger partial charge >= 0.3 is 6.36 Å². The van der Waals surface area contributed by atoms with Gasteiger partial charge in [-0.2, -0.15) is 0 Å². The number of hydrogen-bond acceptors (Lipinski definition) is 3. The Labute approximate surface area is 131 Å². The molecule has 0 fully saturated rings. The van der Waals surface area contributed by atoms with E-state index in [-0.39, 0.29) is 17.1 Å². The average Bonchev–Trinajstić information content (AvgIpc) is 2.36. The number of benzene rings is 2. The second-order valence-electron chi connectivity index (χ2n) is 4.02. The third-order valence-electron chi connectivity index (χ3n) is 2.47. The molecule has 3 nitrogen and oxygen atoms in total. The van der Waals surface area contributed by atoms with Gasteiger partial charge in [-0.1, -0.05) is 12.1 Å². The molecule has 0 saturated heterocycles. The zero-order chi connectivity index (χ0) is 15.6. The van der Waals surface area contributed by atoms with E-state index in [1.807, 2.05) is 0 Å². The van der Waals surface area contributed by atoms with E-state index in [1.54, 1.807) is 22.6 Å². The predicted octanol–water partition coefficient (Wildman–Crippen LogP) is 4.65. The molecule has 3 N–H and O–H groups in total. The minimum Gasteiger partial charge on any atom is -0.404 e. The van der Waals surface area contributed by atoms with Gasteiger partial charge in [0.05, 0.1) is 20.6 Å². The molecule has 8 heteroatoms. The van der Waals surface area contributed by atoms with E-state index in [0.29, 0.717) is 3.57 Å². The van der Waals surface area contributed by atoms with Crippen LogP contribution in [0.3, 0.4) is 0 Å². The lowest BCUT2D eigenvalue weighted by atomic mass is 10.2. The van der Waals surface area contributed by atoms with Crippen molar-refractivity contribution < 1.29 is 22.3 Å². The van der Waals surface area contributed by atoms with Crippen LogP contribution in [0, 0.1) is 9.39 Å². The van der Waals surface area contributed by atoms with Crippen LogP contribution in [0.5, 0.6) is 5.75 Å². The van der Waals surface area contributed by atoms with E-state index in [0.717, 1.165) is 12.1 Å². The zero-order valence-corrected chi connectivity index (χ0v) is 12.5. The van der Waals surface area contributed by atoms with Crippen molar-refractivity contribution in [2.24, 2.45) is 0 Å². The number of ether oxygens (including phenoxy) is 1. The van der Waals surface area contributed by atoms with E-state index >= 15 is 0 Å². The van der Waals surface area contributed by atoms with E-state index in [4.69, 9.17) is 5.73 Å². The van der Waals surface area contributed by atoms with Crippen molar-refractivity contribution in [3.05, 3.63) is 45.8 Å². The second kappa shape index (κ2) is 5.96. The summed E-state index contributed by atoms with van der Waals surface area (Å²) in [5, 5.41) is 2.64. The first kappa shape index (κ1) is 15.7. The van der Waals surface area contributed by atoms with Crippen LogP contribution in [0.1, 0.15) is 0 Å². The first-order chi connectivity index (χ1) is 9.76. The topological polar surface area (TPSA) is 47.3 Å². The van der Waals surface area contributed by atoms with Gasteiger partial charge in [-0.15, -0.1) is 13.2 Å². The number of alkyl halides is 3. The van der Waals surface area contributed by atoms with Crippen molar-refractivity contribution in [3.8, 4) is 5.75 Å². The van der Waals surface area contributed by atoms with Gasteiger partial charge in [0, 0.05) is 6.07 Å². The Bertz CT molecular complexity index is 661. The first-order valence-electron chi connectivity index (χ1n) is 5.62. The van der Waals surface area contributed by atoms with Crippen LogP contribution in [0.25, 0.3) is 0 Å². The summed E-state index contributed by atoms with van der Waals surface area (Å²) in [5.41, 5.74) is 6.12. The lowest BCUT2D eigenvalue weighted by Crippen LogP contribution is -2.17. The van der Waals surface area contributed by atoms with Crippen molar-refractivity contribution >= 4 is 39.7 Å². The number of nitrogens with one attached hydrogen (secondary N) is 1. The Morgan fingerprint density at radius 1 is 1.10 bits per heavy atom. The standard InChI is InChI=1S/C13H9F4IN2O/c14-7-5-11(9(19)6-8(7)18)20-10-3-1-2-4-12(10)21-13(15,16)17/h1-6,20H,19H2. The third kappa shape index (κ3) is 4.13. The van der Waals surface area contributed by atoms with E-state index < -0.39 is 17.9 Å². The number of hydrogen-bond donors (Lipinski definition) is 2. The van der Waals surface area contributed by atoms with Gasteiger partial charge < -0.3 is 15.8 Å². The highest BCUT2D eigenvalue weighted by Gasteiger charge is 2.32. The molecule has 0 aliphatic heterocycles. The number of halogens is 5. The van der Waals surface area contributed by atoms with Crippen molar-refractivity contribution in [3.63, 3.8) is 0 Å². The Balaban J connectivity index is 2.34. The molecule has 0 bridgehead atoms. The van der Waals surface area contributed by atoms with Crippen molar-refractivity contribution in [2.45, 2.75) is 6.36 Å². The van der Waals surface area contributed by atoms with Crippen molar-refractivity contribution in [1.29, 1.82) is 0 Å². The molecule has 2 aromatic rings. The maximum absolute atomic E-state index is 13.5. The number of rotatable bonds is 3. The summed E-state index contributed by atoms with van der Waals surface area (Å²) in [4.78, 5) is 0. The van der Waals surface area contributed by atoms with Crippen LogP contribution in [0.15, 0.2) is 36.4 Å². The maximum Gasteiger partial charge on any atom is 0.573 e. The number of nitrogen functional groups attached to an aromatic ring is 1. The minimum absolute atomic E-state index is 0.0298. The maximum atomic E-state index is 13.5. The molecule has 0 aliphatic rings. The summed E-state index contributed by atoms with van der Waals surface area (Å²) in [6.07, 6.45) is -4.82. The van der Waals surface area contributed by atoms with Gasteiger partial charge in [-0.05, 0) is 40.8 Å². The fourth-order valence-electron chi connectivity index (χ4n) is 1.60. The number of anilines is 3. The van der Waals surface area contributed by atoms with E-state index in [2.05, 4.69) is 10.1 Å². The lowest BCUT2D eigenvalue weighted by molar-refractivity contribution is -0.274. The molecule has 0 spiro atoms. The molecule has 0 unspecified atom stereocenters. The molecule has 0 aliphatic carbocycles. The molecule has 0 aromatic heterocycles. The van der Waals surface area contributed by atoms with Gasteiger partial charge in [-0.25, -0.2) is 4.39 Å². The van der Waals surface area contributed by atoms with Crippen LogP contribution in [0.4, 0.5) is 34.6 Å². The quantitative estimate of drug-likeness (QED) is 0.438. The molecule has 0 radical (unpaired) electrons. The van der Waals surface area contributed by atoms with Crippen LogP contribution in [-0.2, 0) is 0 Å². The van der Waals surface area contributed by atoms with Gasteiger partial charge in [0.15, 0.2) is 5.75 Å². The van der Waals surface area contributed by atoms with Gasteiger partial charge in [0.1, 0.15) is 5.82 Å². The smallest absolute Gasteiger partial charge is 0.404 e. The molecule has 0 saturated carbocycles. The lowest BCUT2D eigenvalue weighted by Gasteiger charge is -2.15. The Morgan fingerprint density at radius 2 is 1.76 bits per heavy atom. The fraction of sp³-hybridized carbons (Fsp3) is 0.0769. The summed E-state index contributed by atoms with van der Waals surface area (Å²) < 4.78 is 54.7. The van der Waals surface area contributed by atoms with Gasteiger partial charge in [0.2, 0.25) is 0 Å². The van der Waals surface area contributed by atoms with Gasteiger partial charge in [0.25, 0.3) is 0 Å². The predicted molar refractivity (Wildman–Crippen MR) is 79.9 cm³/mol. The summed E-state index contributed by atoms with van der Waals surface area (Å²) in [7, 11) is 0. The summed E-state index contributed by atoms with van der Waals surface area (Å²) in [6.45, 7) is 0. The monoisotopic (exact) mass is 412 g/mol. The second-order valence-corrected chi connectivity index (χ2v) is 5.18. The molecule has 0 heterocycles. The van der Waals surface area contributed by atoms with E-state index in [9.17, 15) is 17.6 Å². The highest BCUT2D eigenvalue weighted by molar-refractivity contribution is 14.1. The van der Waals surface area contributed by atoms with Crippen LogP contribution in [-0.4, -0.2) is 6.36 Å². The fourth-order valence-corrected chi connectivity index (χ4v) is 2.09. The van der Waals surface area contributed by atoms with Crippen LogP contribution < -0.4 is 15.8 Å². The van der Waals surface area contributed by atoms with Crippen LogP contribution in [0.2, 0.25) is 0 Å². The zero-order valence-electron chi connectivity index (χ0n) is 10.3. The number of nitrogens with two attached hydrogens (primary N) is 1. The molecular weight excluding hydrogens is 403 g/mol. The normalized spacial score (nSPS) is 11.3. The van der Waals surface area contributed by atoms with Crippen molar-refractivity contribution in [1.82, 2.24) is 0 Å².